The maximum absolute atomic E-state index is 12.1. The molecule has 0 saturated heterocycles. The predicted octanol–water partition coefficient (Wildman–Crippen LogP) is 2.25. The molecule has 1 heterocycles. The Balaban J connectivity index is 2.08. The minimum atomic E-state index is -1.01. The highest BCUT2D eigenvalue weighted by Gasteiger charge is 2.13. The monoisotopic (exact) mass is 259 g/mol. The summed E-state index contributed by atoms with van der Waals surface area (Å²) in [6, 6.07) is 7.65. The van der Waals surface area contributed by atoms with E-state index in [9.17, 15) is 9.59 Å². The highest BCUT2D eigenvalue weighted by Crippen LogP contribution is 2.10. The number of benzene rings is 1. The summed E-state index contributed by atoms with van der Waals surface area (Å²) in [5.74, 6) is -1.18. The molecule has 5 nitrogen and oxygen atoms in total. The highest BCUT2D eigenvalue weighted by atomic mass is 16.4. The molecule has 1 aromatic carbocycles. The van der Waals surface area contributed by atoms with Gasteiger partial charge in [-0.05, 0) is 30.3 Å². The van der Waals surface area contributed by atoms with Gasteiger partial charge in [0.1, 0.15) is 0 Å². The van der Waals surface area contributed by atoms with E-state index in [1.807, 2.05) is 0 Å². The van der Waals surface area contributed by atoms with Gasteiger partial charge in [0.25, 0.3) is 5.91 Å². The van der Waals surface area contributed by atoms with Crippen molar-refractivity contribution in [2.24, 2.45) is 0 Å². The molecule has 0 atom stereocenters. The molecule has 0 saturated carbocycles. The minimum absolute atomic E-state index is 0.161. The number of hydrogen-bond acceptors (Lipinski definition) is 3. The molecule has 0 fully saturated rings. The summed E-state index contributed by atoms with van der Waals surface area (Å²) < 4.78 is 4.94. The van der Waals surface area contributed by atoms with Crippen molar-refractivity contribution in [1.82, 2.24) is 4.90 Å². The molecule has 1 aromatic heterocycles. The first kappa shape index (κ1) is 12.9. The topological polar surface area (TPSA) is 70.8 Å². The Morgan fingerprint density at radius 3 is 2.32 bits per heavy atom. The van der Waals surface area contributed by atoms with Gasteiger partial charge in [-0.1, -0.05) is 0 Å². The fourth-order valence-electron chi connectivity index (χ4n) is 1.70. The van der Waals surface area contributed by atoms with Crippen molar-refractivity contribution in [3.63, 3.8) is 0 Å². The van der Waals surface area contributed by atoms with Crippen LogP contribution in [-0.4, -0.2) is 28.9 Å². The molecule has 98 valence electrons. The number of amides is 1. The third-order valence-corrected chi connectivity index (χ3v) is 2.73. The van der Waals surface area contributed by atoms with Gasteiger partial charge in [0.15, 0.2) is 0 Å². The van der Waals surface area contributed by atoms with E-state index in [2.05, 4.69) is 0 Å². The van der Waals surface area contributed by atoms with Crippen molar-refractivity contribution >= 4 is 11.9 Å². The van der Waals surface area contributed by atoms with E-state index >= 15 is 0 Å². The highest BCUT2D eigenvalue weighted by molar-refractivity contribution is 5.95. The molecule has 2 rings (SSSR count). The first-order chi connectivity index (χ1) is 9.08. The average molecular weight is 259 g/mol. The smallest absolute Gasteiger partial charge is 0.335 e. The van der Waals surface area contributed by atoms with Crippen molar-refractivity contribution in [2.75, 3.05) is 7.05 Å². The van der Waals surface area contributed by atoms with E-state index in [0.29, 0.717) is 12.1 Å². The van der Waals surface area contributed by atoms with Crippen molar-refractivity contribution < 1.29 is 19.1 Å². The van der Waals surface area contributed by atoms with E-state index in [1.54, 1.807) is 30.5 Å². The van der Waals surface area contributed by atoms with Crippen LogP contribution in [0.25, 0.3) is 0 Å². The first-order valence-electron chi connectivity index (χ1n) is 5.68. The lowest BCUT2D eigenvalue weighted by atomic mass is 10.1. The van der Waals surface area contributed by atoms with Gasteiger partial charge in [-0.2, -0.15) is 0 Å². The van der Waals surface area contributed by atoms with Gasteiger partial charge < -0.3 is 14.4 Å². The molecule has 0 aliphatic rings. The molecule has 1 N–H and O–H groups in total. The van der Waals surface area contributed by atoms with Crippen LogP contribution in [0, 0.1) is 0 Å². The second-order valence-electron chi connectivity index (χ2n) is 4.18. The number of aromatic carboxylic acids is 1. The summed E-state index contributed by atoms with van der Waals surface area (Å²) in [5.41, 5.74) is 1.52. The molecule has 0 radical (unpaired) electrons. The first-order valence-corrected chi connectivity index (χ1v) is 5.68. The largest absolute Gasteiger partial charge is 0.478 e. The lowest BCUT2D eigenvalue weighted by Crippen LogP contribution is -2.26. The maximum Gasteiger partial charge on any atom is 0.335 e. The quantitative estimate of drug-likeness (QED) is 0.914. The Bertz CT molecular complexity index is 572. The molecule has 0 aliphatic heterocycles. The number of carboxylic acids is 1. The second kappa shape index (κ2) is 5.39. The molecular formula is C14H13NO4. The zero-order valence-electron chi connectivity index (χ0n) is 10.4. The third kappa shape index (κ3) is 3.01. The van der Waals surface area contributed by atoms with Gasteiger partial charge in [0.05, 0.1) is 18.1 Å². The number of hydrogen-bond donors (Lipinski definition) is 1. The summed E-state index contributed by atoms with van der Waals surface area (Å²) in [4.78, 5) is 24.4. The van der Waals surface area contributed by atoms with Crippen molar-refractivity contribution in [3.8, 4) is 0 Å². The number of rotatable bonds is 4. The number of nitrogens with zero attached hydrogens (tertiary/aromatic N) is 1. The van der Waals surface area contributed by atoms with Crippen molar-refractivity contribution in [1.29, 1.82) is 0 Å². The molecule has 0 bridgehead atoms. The third-order valence-electron chi connectivity index (χ3n) is 2.73. The van der Waals surface area contributed by atoms with Gasteiger partial charge in [-0.15, -0.1) is 0 Å². The summed E-state index contributed by atoms with van der Waals surface area (Å²) in [6.07, 6.45) is 3.13. The SMILES string of the molecule is CN(Cc1ccoc1)C(=O)c1ccc(C(=O)O)cc1. The molecule has 1 amide bonds. The van der Waals surface area contributed by atoms with E-state index in [4.69, 9.17) is 9.52 Å². The Hall–Kier alpha value is -2.56. The van der Waals surface area contributed by atoms with Crippen LogP contribution in [0.2, 0.25) is 0 Å². The predicted molar refractivity (Wildman–Crippen MR) is 67.9 cm³/mol. The van der Waals surface area contributed by atoms with E-state index < -0.39 is 5.97 Å². The molecule has 0 spiro atoms. The van der Waals surface area contributed by atoms with Gasteiger partial charge >= 0.3 is 5.97 Å². The zero-order chi connectivity index (χ0) is 13.8. The number of carbonyl (C=O) groups is 2. The second-order valence-corrected chi connectivity index (χ2v) is 4.18. The van der Waals surface area contributed by atoms with E-state index in [0.717, 1.165) is 5.56 Å². The minimum Gasteiger partial charge on any atom is -0.478 e. The van der Waals surface area contributed by atoms with Gasteiger partial charge in [0.2, 0.25) is 0 Å². The van der Waals surface area contributed by atoms with Crippen LogP contribution in [0.5, 0.6) is 0 Å². The molecular weight excluding hydrogens is 246 g/mol. The molecule has 2 aromatic rings. The standard InChI is InChI=1S/C14H13NO4/c1-15(8-10-6-7-19-9-10)13(16)11-2-4-12(5-3-11)14(17)18/h2-7,9H,8H2,1H3,(H,17,18). The molecule has 19 heavy (non-hydrogen) atoms. The maximum atomic E-state index is 12.1. The fraction of sp³-hybridized carbons (Fsp3) is 0.143. The van der Waals surface area contributed by atoms with Gasteiger partial charge in [0, 0.05) is 24.7 Å². The van der Waals surface area contributed by atoms with Crippen molar-refractivity contribution in [3.05, 3.63) is 59.5 Å². The Morgan fingerprint density at radius 1 is 1.16 bits per heavy atom. The number of carboxylic acid groups (broad SMARTS) is 1. The normalized spacial score (nSPS) is 10.2. The number of carbonyl (C=O) groups excluding carboxylic acids is 1. The van der Waals surface area contributed by atoms with E-state index in [-0.39, 0.29) is 11.5 Å². The van der Waals surface area contributed by atoms with Crippen LogP contribution in [-0.2, 0) is 6.54 Å². The van der Waals surface area contributed by atoms with Gasteiger partial charge in [-0.3, -0.25) is 4.79 Å². The van der Waals surface area contributed by atoms with Crippen LogP contribution in [0.1, 0.15) is 26.3 Å². The Morgan fingerprint density at radius 2 is 1.79 bits per heavy atom. The van der Waals surface area contributed by atoms with E-state index in [1.165, 1.54) is 24.3 Å². The number of furan rings is 1. The zero-order valence-corrected chi connectivity index (χ0v) is 10.4. The Labute approximate surface area is 110 Å². The summed E-state index contributed by atoms with van der Waals surface area (Å²) >= 11 is 0. The molecule has 0 unspecified atom stereocenters. The van der Waals surface area contributed by atoms with Crippen LogP contribution < -0.4 is 0 Å². The summed E-state index contributed by atoms with van der Waals surface area (Å²) in [6.45, 7) is 0.440. The average Bonchev–Trinajstić information content (AvgIpc) is 2.90. The Kier molecular flexibility index (Phi) is 3.66. The lowest BCUT2D eigenvalue weighted by molar-refractivity contribution is 0.0695. The van der Waals surface area contributed by atoms with Crippen molar-refractivity contribution in [2.45, 2.75) is 6.54 Å². The molecule has 0 aliphatic carbocycles. The molecule has 5 heteroatoms. The lowest BCUT2D eigenvalue weighted by Gasteiger charge is -2.16. The van der Waals surface area contributed by atoms with Crippen LogP contribution in [0.15, 0.2) is 47.3 Å². The van der Waals surface area contributed by atoms with Crippen LogP contribution in [0.3, 0.4) is 0 Å². The van der Waals surface area contributed by atoms with Crippen LogP contribution in [0.4, 0.5) is 0 Å². The summed E-state index contributed by atoms with van der Waals surface area (Å²) in [7, 11) is 1.68. The summed E-state index contributed by atoms with van der Waals surface area (Å²) in [5, 5.41) is 8.79. The van der Waals surface area contributed by atoms with Crippen LogP contribution >= 0.6 is 0 Å². The fourth-order valence-corrected chi connectivity index (χ4v) is 1.70. The van der Waals surface area contributed by atoms with Gasteiger partial charge in [-0.25, -0.2) is 4.79 Å².